The zero-order valence-corrected chi connectivity index (χ0v) is 11.6. The fourth-order valence-electron chi connectivity index (χ4n) is 2.55. The fraction of sp³-hybridized carbons (Fsp3) is 0.235. The predicted octanol–water partition coefficient (Wildman–Crippen LogP) is 3.61. The van der Waals surface area contributed by atoms with E-state index in [9.17, 15) is 5.21 Å². The second-order valence-corrected chi connectivity index (χ2v) is 5.16. The lowest BCUT2D eigenvalue weighted by Crippen LogP contribution is -2.20. The molecule has 108 valence electrons. The van der Waals surface area contributed by atoms with Crippen LogP contribution in [0.5, 0.6) is 0 Å². The summed E-state index contributed by atoms with van der Waals surface area (Å²) in [6.45, 7) is 0. The van der Waals surface area contributed by atoms with Crippen LogP contribution in [0.4, 0.5) is 0 Å². The Hall–Kier alpha value is -2.17. The van der Waals surface area contributed by atoms with Crippen LogP contribution >= 0.6 is 0 Å². The molecule has 0 radical (unpaired) electrons. The minimum atomic E-state index is -0.164. The molecule has 2 aromatic rings. The average Bonchev–Trinajstić information content (AvgIpc) is 3.03. The van der Waals surface area contributed by atoms with Crippen LogP contribution in [0, 0.1) is 0 Å². The Kier molecular flexibility index (Phi) is 4.28. The minimum absolute atomic E-state index is 0.0173. The number of oxime groups is 1. The SMILES string of the molecule is ONC(CC1=NOC(c2ccccc2)C1)c1ccccc1. The summed E-state index contributed by atoms with van der Waals surface area (Å²) in [7, 11) is 0. The second kappa shape index (κ2) is 6.52. The summed E-state index contributed by atoms with van der Waals surface area (Å²) < 4.78 is 0. The molecule has 4 nitrogen and oxygen atoms in total. The van der Waals surface area contributed by atoms with Gasteiger partial charge in [0.15, 0.2) is 6.10 Å². The molecule has 2 aromatic carbocycles. The molecule has 0 aliphatic carbocycles. The van der Waals surface area contributed by atoms with Gasteiger partial charge in [-0.1, -0.05) is 65.8 Å². The first-order valence-electron chi connectivity index (χ1n) is 7.08. The van der Waals surface area contributed by atoms with Crippen molar-refractivity contribution in [2.45, 2.75) is 25.0 Å². The van der Waals surface area contributed by atoms with Crippen molar-refractivity contribution in [1.82, 2.24) is 5.48 Å². The molecule has 0 aromatic heterocycles. The average molecular weight is 282 g/mol. The molecular formula is C17H18N2O2. The van der Waals surface area contributed by atoms with E-state index in [4.69, 9.17) is 4.84 Å². The quantitative estimate of drug-likeness (QED) is 0.824. The maximum Gasteiger partial charge on any atom is 0.157 e. The third-order valence-corrected chi connectivity index (χ3v) is 3.70. The number of hydroxylamine groups is 1. The number of nitrogens with one attached hydrogen (secondary N) is 1. The standard InChI is InChI=1S/C17H18N2O2/c20-18-16(13-7-3-1-4-8-13)11-15-12-17(21-19-15)14-9-5-2-6-10-14/h1-10,16-18,20H,11-12H2. The van der Waals surface area contributed by atoms with E-state index in [0.717, 1.165) is 23.3 Å². The first kappa shape index (κ1) is 13.8. The van der Waals surface area contributed by atoms with Gasteiger partial charge in [0.1, 0.15) is 0 Å². The van der Waals surface area contributed by atoms with Crippen LogP contribution in [0.3, 0.4) is 0 Å². The molecule has 0 saturated carbocycles. The van der Waals surface area contributed by atoms with Crippen molar-refractivity contribution < 1.29 is 10.0 Å². The lowest BCUT2D eigenvalue weighted by Gasteiger charge is -2.14. The highest BCUT2D eigenvalue weighted by atomic mass is 16.6. The molecule has 2 atom stereocenters. The topological polar surface area (TPSA) is 53.8 Å². The van der Waals surface area contributed by atoms with E-state index >= 15 is 0 Å². The Bertz CT molecular complexity index is 599. The Morgan fingerprint density at radius 1 is 1.10 bits per heavy atom. The molecule has 0 saturated heterocycles. The van der Waals surface area contributed by atoms with Crippen LogP contribution in [0.15, 0.2) is 65.8 Å². The summed E-state index contributed by atoms with van der Waals surface area (Å²) in [6, 6.07) is 19.8. The number of nitrogens with zero attached hydrogens (tertiary/aromatic N) is 1. The van der Waals surface area contributed by atoms with E-state index in [1.54, 1.807) is 0 Å². The van der Waals surface area contributed by atoms with Crippen LogP contribution in [0.1, 0.15) is 36.1 Å². The van der Waals surface area contributed by atoms with Crippen molar-refractivity contribution in [3.63, 3.8) is 0 Å². The lowest BCUT2D eigenvalue weighted by atomic mass is 9.97. The summed E-state index contributed by atoms with van der Waals surface area (Å²) >= 11 is 0. The lowest BCUT2D eigenvalue weighted by molar-refractivity contribution is 0.0856. The number of hydrogen-bond acceptors (Lipinski definition) is 4. The zero-order chi connectivity index (χ0) is 14.5. The van der Waals surface area contributed by atoms with Gasteiger partial charge >= 0.3 is 0 Å². The smallest absolute Gasteiger partial charge is 0.157 e. The van der Waals surface area contributed by atoms with Gasteiger partial charge in [-0.15, -0.1) is 0 Å². The van der Waals surface area contributed by atoms with Crippen LogP contribution in [0.2, 0.25) is 0 Å². The molecule has 3 rings (SSSR count). The van der Waals surface area contributed by atoms with Crippen molar-refractivity contribution in [2.75, 3.05) is 0 Å². The molecule has 4 heteroatoms. The highest BCUT2D eigenvalue weighted by molar-refractivity contribution is 5.86. The van der Waals surface area contributed by atoms with Crippen molar-refractivity contribution >= 4 is 5.71 Å². The highest BCUT2D eigenvalue weighted by Crippen LogP contribution is 2.30. The molecule has 1 heterocycles. The zero-order valence-electron chi connectivity index (χ0n) is 11.6. The summed E-state index contributed by atoms with van der Waals surface area (Å²) in [5, 5.41) is 13.5. The van der Waals surface area contributed by atoms with Gasteiger partial charge < -0.3 is 10.0 Å². The van der Waals surface area contributed by atoms with E-state index in [2.05, 4.69) is 10.6 Å². The van der Waals surface area contributed by atoms with Gasteiger partial charge in [-0.2, -0.15) is 5.48 Å². The van der Waals surface area contributed by atoms with Gasteiger partial charge in [-0.3, -0.25) is 0 Å². The Morgan fingerprint density at radius 2 is 1.76 bits per heavy atom. The van der Waals surface area contributed by atoms with Gasteiger partial charge in [-0.25, -0.2) is 0 Å². The maximum atomic E-state index is 9.38. The van der Waals surface area contributed by atoms with E-state index < -0.39 is 0 Å². The Labute approximate surface area is 124 Å². The molecule has 0 fully saturated rings. The molecule has 1 aliphatic rings. The molecule has 1 aliphatic heterocycles. The summed E-state index contributed by atoms with van der Waals surface area (Å²) in [5.41, 5.74) is 5.48. The third kappa shape index (κ3) is 3.29. The largest absolute Gasteiger partial charge is 0.387 e. The van der Waals surface area contributed by atoms with Gasteiger partial charge in [0, 0.05) is 12.8 Å². The first-order valence-corrected chi connectivity index (χ1v) is 7.08. The monoisotopic (exact) mass is 282 g/mol. The van der Waals surface area contributed by atoms with E-state index in [-0.39, 0.29) is 12.1 Å². The number of benzene rings is 2. The third-order valence-electron chi connectivity index (χ3n) is 3.70. The maximum absolute atomic E-state index is 9.38. The molecule has 0 amide bonds. The van der Waals surface area contributed by atoms with E-state index in [1.807, 2.05) is 60.7 Å². The van der Waals surface area contributed by atoms with Crippen molar-refractivity contribution in [2.24, 2.45) is 5.16 Å². The molecule has 0 spiro atoms. The predicted molar refractivity (Wildman–Crippen MR) is 81.0 cm³/mol. The minimum Gasteiger partial charge on any atom is -0.387 e. The first-order chi connectivity index (χ1) is 10.4. The second-order valence-electron chi connectivity index (χ2n) is 5.16. The van der Waals surface area contributed by atoms with Gasteiger partial charge in [-0.05, 0) is 11.1 Å². The normalized spacial score (nSPS) is 18.9. The van der Waals surface area contributed by atoms with Crippen LogP contribution in [0.25, 0.3) is 0 Å². The van der Waals surface area contributed by atoms with Crippen molar-refractivity contribution in [3.05, 3.63) is 71.8 Å². The van der Waals surface area contributed by atoms with Crippen molar-refractivity contribution in [1.29, 1.82) is 0 Å². The van der Waals surface area contributed by atoms with Gasteiger partial charge in [0.25, 0.3) is 0 Å². The molecule has 0 bridgehead atoms. The van der Waals surface area contributed by atoms with E-state index in [0.29, 0.717) is 6.42 Å². The van der Waals surface area contributed by atoms with Gasteiger partial charge in [0.05, 0.1) is 11.8 Å². The molecule has 2 N–H and O–H groups in total. The molecule has 21 heavy (non-hydrogen) atoms. The summed E-state index contributed by atoms with van der Waals surface area (Å²) in [6.07, 6.45) is 1.37. The van der Waals surface area contributed by atoms with Gasteiger partial charge in [0.2, 0.25) is 0 Å². The van der Waals surface area contributed by atoms with Crippen molar-refractivity contribution in [3.8, 4) is 0 Å². The summed E-state index contributed by atoms with van der Waals surface area (Å²) in [5.74, 6) is 0. The van der Waals surface area contributed by atoms with Crippen LogP contribution in [-0.4, -0.2) is 10.9 Å². The van der Waals surface area contributed by atoms with Crippen LogP contribution < -0.4 is 5.48 Å². The Balaban J connectivity index is 1.64. The summed E-state index contributed by atoms with van der Waals surface area (Å²) in [4.78, 5) is 5.51. The number of hydrogen-bond donors (Lipinski definition) is 2. The molecular weight excluding hydrogens is 264 g/mol. The van der Waals surface area contributed by atoms with E-state index in [1.165, 1.54) is 0 Å². The fourth-order valence-corrected chi connectivity index (χ4v) is 2.55. The van der Waals surface area contributed by atoms with Crippen LogP contribution in [-0.2, 0) is 4.84 Å². The number of rotatable bonds is 5. The highest BCUT2D eigenvalue weighted by Gasteiger charge is 2.25. The Morgan fingerprint density at radius 3 is 2.43 bits per heavy atom. The molecule has 2 unspecified atom stereocenters.